The molecule has 128 valence electrons. The van der Waals surface area contributed by atoms with Crippen LogP contribution in [0.3, 0.4) is 0 Å². The Bertz CT molecular complexity index is 788. The summed E-state index contributed by atoms with van der Waals surface area (Å²) in [5.74, 6) is 1.64. The maximum Gasteiger partial charge on any atom is 0.257 e. The van der Waals surface area contributed by atoms with E-state index in [-0.39, 0.29) is 11.5 Å². The van der Waals surface area contributed by atoms with Gasteiger partial charge in [0.15, 0.2) is 11.5 Å². The van der Waals surface area contributed by atoms with Crippen LogP contribution in [-0.4, -0.2) is 35.1 Å². The summed E-state index contributed by atoms with van der Waals surface area (Å²) in [5, 5.41) is 0. The van der Waals surface area contributed by atoms with E-state index in [2.05, 4.69) is 14.9 Å². The molecule has 0 saturated carbocycles. The Kier molecular flexibility index (Phi) is 4.71. The van der Waals surface area contributed by atoms with E-state index in [0.29, 0.717) is 18.7 Å². The molecule has 0 aliphatic carbocycles. The summed E-state index contributed by atoms with van der Waals surface area (Å²) >= 11 is 0. The number of aromatic amines is 1. The molecule has 24 heavy (non-hydrogen) atoms. The summed E-state index contributed by atoms with van der Waals surface area (Å²) in [6.45, 7) is 4.66. The average Bonchev–Trinajstić information content (AvgIpc) is 2.57. The van der Waals surface area contributed by atoms with Crippen LogP contribution in [0.15, 0.2) is 23.0 Å². The number of anilines is 1. The third-order valence-corrected chi connectivity index (χ3v) is 4.10. The van der Waals surface area contributed by atoms with E-state index < -0.39 is 0 Å². The number of nitrogen functional groups attached to an aromatic ring is 1. The highest BCUT2D eigenvalue weighted by atomic mass is 16.5. The van der Waals surface area contributed by atoms with E-state index in [0.717, 1.165) is 42.3 Å². The zero-order valence-electron chi connectivity index (χ0n) is 14.0. The zero-order chi connectivity index (χ0) is 17.1. The number of benzene rings is 1. The van der Waals surface area contributed by atoms with Crippen LogP contribution in [-0.2, 0) is 19.5 Å². The Labute approximate surface area is 140 Å². The van der Waals surface area contributed by atoms with Gasteiger partial charge in [0.1, 0.15) is 0 Å². The van der Waals surface area contributed by atoms with Crippen LogP contribution in [0.2, 0.25) is 0 Å². The fraction of sp³-hybridized carbons (Fsp3) is 0.412. The van der Waals surface area contributed by atoms with Gasteiger partial charge in [0.05, 0.1) is 25.0 Å². The molecule has 0 spiro atoms. The van der Waals surface area contributed by atoms with Gasteiger partial charge in [-0.1, -0.05) is 6.07 Å². The molecule has 0 atom stereocenters. The number of fused-ring (bicyclic) bond motifs is 1. The van der Waals surface area contributed by atoms with Crippen LogP contribution in [0.4, 0.5) is 5.95 Å². The van der Waals surface area contributed by atoms with E-state index in [9.17, 15) is 4.79 Å². The standard InChI is InChI=1S/C17H22N4O3/c1-3-24-14-5-4-11(8-15(14)23-2)9-21-7-6-13-12(10-21)16(22)20-17(18)19-13/h4-5,8H,3,6-7,9-10H2,1-2H3,(H3,18,19,20,22). The van der Waals surface area contributed by atoms with Gasteiger partial charge in [0.25, 0.3) is 5.56 Å². The monoisotopic (exact) mass is 330 g/mol. The van der Waals surface area contributed by atoms with E-state index >= 15 is 0 Å². The molecule has 7 heteroatoms. The van der Waals surface area contributed by atoms with Crippen molar-refractivity contribution in [2.24, 2.45) is 0 Å². The maximum atomic E-state index is 12.1. The summed E-state index contributed by atoms with van der Waals surface area (Å²) in [4.78, 5) is 21.1. The number of nitrogens with one attached hydrogen (secondary N) is 1. The molecule has 2 heterocycles. The van der Waals surface area contributed by atoms with Crippen LogP contribution in [0.25, 0.3) is 0 Å². The van der Waals surface area contributed by atoms with Crippen LogP contribution < -0.4 is 20.8 Å². The molecule has 1 aromatic heterocycles. The van der Waals surface area contributed by atoms with E-state index in [1.807, 2.05) is 25.1 Å². The fourth-order valence-electron chi connectivity index (χ4n) is 2.98. The predicted molar refractivity (Wildman–Crippen MR) is 91.3 cm³/mol. The number of hydrogen-bond donors (Lipinski definition) is 2. The predicted octanol–water partition coefficient (Wildman–Crippen LogP) is 1.32. The van der Waals surface area contributed by atoms with Gasteiger partial charge >= 0.3 is 0 Å². The molecule has 7 nitrogen and oxygen atoms in total. The Morgan fingerprint density at radius 3 is 2.96 bits per heavy atom. The van der Waals surface area contributed by atoms with Gasteiger partial charge in [-0.05, 0) is 24.6 Å². The molecular formula is C17H22N4O3. The molecule has 1 aliphatic heterocycles. The topological polar surface area (TPSA) is 93.5 Å². The van der Waals surface area contributed by atoms with Crippen LogP contribution in [0.5, 0.6) is 11.5 Å². The van der Waals surface area contributed by atoms with Gasteiger partial charge in [0, 0.05) is 26.1 Å². The Morgan fingerprint density at radius 2 is 2.21 bits per heavy atom. The summed E-state index contributed by atoms with van der Waals surface area (Å²) in [6, 6.07) is 5.92. The molecule has 3 rings (SSSR count). The molecule has 0 bridgehead atoms. The second-order valence-electron chi connectivity index (χ2n) is 5.76. The summed E-state index contributed by atoms with van der Waals surface area (Å²) < 4.78 is 10.9. The lowest BCUT2D eigenvalue weighted by Gasteiger charge is -2.27. The highest BCUT2D eigenvalue weighted by Gasteiger charge is 2.21. The normalized spacial score (nSPS) is 14.2. The minimum absolute atomic E-state index is 0.147. The molecule has 1 aliphatic rings. The van der Waals surface area contributed by atoms with Crippen molar-refractivity contribution < 1.29 is 9.47 Å². The van der Waals surface area contributed by atoms with Crippen molar-refractivity contribution in [3.63, 3.8) is 0 Å². The molecule has 3 N–H and O–H groups in total. The van der Waals surface area contributed by atoms with Gasteiger partial charge < -0.3 is 15.2 Å². The minimum Gasteiger partial charge on any atom is -0.493 e. The van der Waals surface area contributed by atoms with Crippen molar-refractivity contribution in [2.75, 3.05) is 26.0 Å². The number of methoxy groups -OCH3 is 1. The Morgan fingerprint density at radius 1 is 1.38 bits per heavy atom. The molecule has 0 amide bonds. The number of nitrogens with zero attached hydrogens (tertiary/aromatic N) is 2. The summed E-state index contributed by atoms with van der Waals surface area (Å²) in [5.41, 5.74) is 8.07. The van der Waals surface area contributed by atoms with Crippen molar-refractivity contribution >= 4 is 5.95 Å². The first-order chi connectivity index (χ1) is 11.6. The maximum absolute atomic E-state index is 12.1. The molecule has 1 aromatic carbocycles. The van der Waals surface area contributed by atoms with Crippen molar-refractivity contribution in [2.45, 2.75) is 26.4 Å². The average molecular weight is 330 g/mol. The molecule has 0 fully saturated rings. The van der Waals surface area contributed by atoms with E-state index in [4.69, 9.17) is 15.2 Å². The number of nitrogens with two attached hydrogens (primary N) is 1. The second kappa shape index (κ2) is 6.92. The lowest BCUT2D eigenvalue weighted by molar-refractivity contribution is 0.241. The second-order valence-corrected chi connectivity index (χ2v) is 5.76. The third-order valence-electron chi connectivity index (χ3n) is 4.10. The van der Waals surface area contributed by atoms with Gasteiger partial charge in [-0.15, -0.1) is 0 Å². The van der Waals surface area contributed by atoms with Crippen molar-refractivity contribution in [1.82, 2.24) is 14.9 Å². The Balaban J connectivity index is 1.76. The van der Waals surface area contributed by atoms with Gasteiger partial charge in [-0.3, -0.25) is 14.7 Å². The third kappa shape index (κ3) is 3.35. The molecular weight excluding hydrogens is 308 g/mol. The molecule has 0 saturated heterocycles. The van der Waals surface area contributed by atoms with Crippen LogP contribution in [0.1, 0.15) is 23.7 Å². The van der Waals surface area contributed by atoms with Crippen molar-refractivity contribution in [1.29, 1.82) is 0 Å². The number of rotatable bonds is 5. The van der Waals surface area contributed by atoms with Crippen molar-refractivity contribution in [3.05, 3.63) is 45.4 Å². The van der Waals surface area contributed by atoms with Crippen LogP contribution in [0, 0.1) is 0 Å². The first kappa shape index (κ1) is 16.3. The lowest BCUT2D eigenvalue weighted by atomic mass is 10.1. The fourth-order valence-corrected chi connectivity index (χ4v) is 2.98. The lowest BCUT2D eigenvalue weighted by Crippen LogP contribution is -2.35. The summed E-state index contributed by atoms with van der Waals surface area (Å²) in [6.07, 6.45) is 0.720. The van der Waals surface area contributed by atoms with E-state index in [1.165, 1.54) is 0 Å². The molecule has 0 radical (unpaired) electrons. The van der Waals surface area contributed by atoms with E-state index in [1.54, 1.807) is 7.11 Å². The smallest absolute Gasteiger partial charge is 0.257 e. The van der Waals surface area contributed by atoms with Crippen molar-refractivity contribution in [3.8, 4) is 11.5 Å². The molecule has 2 aromatic rings. The number of aromatic nitrogens is 2. The molecule has 0 unspecified atom stereocenters. The van der Waals surface area contributed by atoms with Gasteiger partial charge in [0.2, 0.25) is 5.95 Å². The SMILES string of the molecule is CCOc1ccc(CN2CCc3nc(N)[nH]c(=O)c3C2)cc1OC. The highest BCUT2D eigenvalue weighted by molar-refractivity contribution is 5.43. The minimum atomic E-state index is -0.147. The van der Waals surface area contributed by atoms with Gasteiger partial charge in [-0.2, -0.15) is 0 Å². The Hall–Kier alpha value is -2.54. The number of ether oxygens (including phenoxy) is 2. The zero-order valence-corrected chi connectivity index (χ0v) is 14.0. The first-order valence-electron chi connectivity index (χ1n) is 8.00. The number of hydrogen-bond acceptors (Lipinski definition) is 6. The highest BCUT2D eigenvalue weighted by Crippen LogP contribution is 2.29. The van der Waals surface area contributed by atoms with Gasteiger partial charge in [-0.25, -0.2) is 4.98 Å². The quantitative estimate of drug-likeness (QED) is 0.859. The first-order valence-corrected chi connectivity index (χ1v) is 8.00. The van der Waals surface area contributed by atoms with Crippen LogP contribution >= 0.6 is 0 Å². The number of H-pyrrole nitrogens is 1. The summed E-state index contributed by atoms with van der Waals surface area (Å²) in [7, 11) is 1.63. The largest absolute Gasteiger partial charge is 0.493 e.